The molecule has 19 heavy (non-hydrogen) atoms. The molecule has 0 spiro atoms. The number of carbonyl (C=O) groups excluding carboxylic acids is 2. The van der Waals surface area contributed by atoms with Crippen molar-refractivity contribution in [3.05, 3.63) is 0 Å². The SMILES string of the molecule is COCCNC(=O)CNC(=O)C1(C(N)=S)CCCC1. The summed E-state index contributed by atoms with van der Waals surface area (Å²) in [7, 11) is 1.56. The van der Waals surface area contributed by atoms with Gasteiger partial charge >= 0.3 is 0 Å². The number of hydrogen-bond donors (Lipinski definition) is 3. The van der Waals surface area contributed by atoms with E-state index in [9.17, 15) is 9.59 Å². The average molecular weight is 287 g/mol. The molecule has 0 heterocycles. The standard InChI is InChI=1S/C12H21N3O3S/c1-18-7-6-14-9(16)8-15-11(17)12(10(13)19)4-2-3-5-12/h2-8H2,1H3,(H2,13,19)(H,14,16)(H,15,17). The largest absolute Gasteiger partial charge is 0.392 e. The summed E-state index contributed by atoms with van der Waals surface area (Å²) in [6, 6.07) is 0. The molecule has 0 radical (unpaired) electrons. The summed E-state index contributed by atoms with van der Waals surface area (Å²) in [6.07, 6.45) is 3.20. The average Bonchev–Trinajstić information content (AvgIpc) is 2.87. The maximum Gasteiger partial charge on any atom is 0.239 e. The molecule has 4 N–H and O–H groups in total. The summed E-state index contributed by atoms with van der Waals surface area (Å²) in [5.74, 6) is -0.485. The van der Waals surface area contributed by atoms with Crippen molar-refractivity contribution in [2.75, 3.05) is 26.8 Å². The number of rotatable bonds is 7. The Hall–Kier alpha value is -1.21. The summed E-state index contributed by atoms with van der Waals surface area (Å²) < 4.78 is 4.81. The predicted octanol–water partition coefficient (Wildman–Crippen LogP) is -0.288. The van der Waals surface area contributed by atoms with Crippen LogP contribution >= 0.6 is 12.2 Å². The minimum absolute atomic E-state index is 0.0626. The Morgan fingerprint density at radius 2 is 1.95 bits per heavy atom. The number of thiocarbonyl (C=S) groups is 1. The first-order valence-corrected chi connectivity index (χ1v) is 6.77. The van der Waals surface area contributed by atoms with E-state index in [-0.39, 0.29) is 23.3 Å². The Bertz CT molecular complexity index is 354. The van der Waals surface area contributed by atoms with Crippen molar-refractivity contribution < 1.29 is 14.3 Å². The van der Waals surface area contributed by atoms with Gasteiger partial charge in [-0.3, -0.25) is 9.59 Å². The van der Waals surface area contributed by atoms with Crippen molar-refractivity contribution in [1.82, 2.24) is 10.6 Å². The van der Waals surface area contributed by atoms with Crippen molar-refractivity contribution in [3.8, 4) is 0 Å². The highest BCUT2D eigenvalue weighted by molar-refractivity contribution is 7.80. The lowest BCUT2D eigenvalue weighted by atomic mass is 9.85. The number of carbonyl (C=O) groups is 2. The molecule has 0 aliphatic heterocycles. The van der Waals surface area contributed by atoms with Gasteiger partial charge in [0, 0.05) is 13.7 Å². The highest BCUT2D eigenvalue weighted by Crippen LogP contribution is 2.38. The first kappa shape index (κ1) is 15.8. The lowest BCUT2D eigenvalue weighted by Gasteiger charge is -2.26. The quantitative estimate of drug-likeness (QED) is 0.442. The maximum atomic E-state index is 12.2. The summed E-state index contributed by atoms with van der Waals surface area (Å²) in [4.78, 5) is 23.9. The number of amides is 2. The Labute approximate surface area is 118 Å². The van der Waals surface area contributed by atoms with Gasteiger partial charge in [-0.2, -0.15) is 0 Å². The van der Waals surface area contributed by atoms with Gasteiger partial charge in [-0.25, -0.2) is 0 Å². The second-order valence-electron chi connectivity index (χ2n) is 4.68. The molecular formula is C12H21N3O3S. The van der Waals surface area contributed by atoms with Crippen LogP contribution in [0.25, 0.3) is 0 Å². The smallest absolute Gasteiger partial charge is 0.239 e. The molecule has 108 valence electrons. The maximum absolute atomic E-state index is 12.2. The second-order valence-corrected chi connectivity index (χ2v) is 5.12. The Morgan fingerprint density at radius 3 is 2.47 bits per heavy atom. The van der Waals surface area contributed by atoms with Crippen LogP contribution in [0.2, 0.25) is 0 Å². The first-order valence-electron chi connectivity index (χ1n) is 6.37. The molecule has 0 unspecified atom stereocenters. The molecule has 0 aromatic rings. The van der Waals surface area contributed by atoms with Crippen LogP contribution in [0.1, 0.15) is 25.7 Å². The second kappa shape index (κ2) is 7.40. The van der Waals surface area contributed by atoms with E-state index in [2.05, 4.69) is 10.6 Å². The van der Waals surface area contributed by atoms with Gasteiger partial charge in [0.15, 0.2) is 0 Å². The summed E-state index contributed by atoms with van der Waals surface area (Å²) in [5, 5.41) is 5.24. The van der Waals surface area contributed by atoms with Crippen LogP contribution in [-0.2, 0) is 14.3 Å². The molecule has 7 heteroatoms. The third kappa shape index (κ3) is 4.14. The molecule has 0 bridgehead atoms. The predicted molar refractivity (Wildman–Crippen MR) is 75.6 cm³/mol. The summed E-state index contributed by atoms with van der Waals surface area (Å²) >= 11 is 5.01. The zero-order valence-electron chi connectivity index (χ0n) is 11.2. The van der Waals surface area contributed by atoms with Crippen molar-refractivity contribution in [2.24, 2.45) is 11.1 Å². The Balaban J connectivity index is 2.41. The zero-order chi connectivity index (χ0) is 14.3. The molecule has 0 atom stereocenters. The van der Waals surface area contributed by atoms with Crippen LogP contribution in [0.3, 0.4) is 0 Å². The van der Waals surface area contributed by atoms with Gasteiger partial charge in [0.25, 0.3) is 0 Å². The van der Waals surface area contributed by atoms with Crippen molar-refractivity contribution in [1.29, 1.82) is 0 Å². The van der Waals surface area contributed by atoms with Gasteiger partial charge in [0.1, 0.15) is 0 Å². The number of nitrogens with two attached hydrogens (primary N) is 1. The van der Waals surface area contributed by atoms with Crippen molar-refractivity contribution in [3.63, 3.8) is 0 Å². The van der Waals surface area contributed by atoms with Crippen LogP contribution in [0.4, 0.5) is 0 Å². The third-order valence-corrected chi connectivity index (χ3v) is 3.79. The minimum atomic E-state index is -0.762. The van der Waals surface area contributed by atoms with Crippen molar-refractivity contribution in [2.45, 2.75) is 25.7 Å². The van der Waals surface area contributed by atoms with Crippen LogP contribution < -0.4 is 16.4 Å². The van der Waals surface area contributed by atoms with Gasteiger partial charge in [0.2, 0.25) is 11.8 Å². The van der Waals surface area contributed by atoms with E-state index in [1.165, 1.54) is 0 Å². The third-order valence-electron chi connectivity index (χ3n) is 3.40. The van der Waals surface area contributed by atoms with Crippen LogP contribution in [0, 0.1) is 5.41 Å². The normalized spacial score (nSPS) is 16.9. The number of nitrogens with one attached hydrogen (secondary N) is 2. The van der Waals surface area contributed by atoms with Crippen molar-refractivity contribution >= 4 is 29.0 Å². The van der Waals surface area contributed by atoms with Gasteiger partial charge < -0.3 is 21.1 Å². The highest BCUT2D eigenvalue weighted by atomic mass is 32.1. The van der Waals surface area contributed by atoms with E-state index < -0.39 is 5.41 Å². The molecule has 1 rings (SSSR count). The number of hydrogen-bond acceptors (Lipinski definition) is 4. The van der Waals surface area contributed by atoms with E-state index in [0.717, 1.165) is 12.8 Å². The lowest BCUT2D eigenvalue weighted by molar-refractivity contribution is -0.130. The van der Waals surface area contributed by atoms with Crippen LogP contribution in [0.5, 0.6) is 0 Å². The Morgan fingerprint density at radius 1 is 1.32 bits per heavy atom. The highest BCUT2D eigenvalue weighted by Gasteiger charge is 2.43. The fourth-order valence-electron chi connectivity index (χ4n) is 2.25. The molecule has 0 saturated heterocycles. The fraction of sp³-hybridized carbons (Fsp3) is 0.750. The molecule has 1 saturated carbocycles. The molecule has 1 fully saturated rings. The van der Waals surface area contributed by atoms with Gasteiger partial charge in [-0.1, -0.05) is 25.1 Å². The molecule has 0 aromatic carbocycles. The van der Waals surface area contributed by atoms with Crippen LogP contribution in [-0.4, -0.2) is 43.6 Å². The zero-order valence-corrected chi connectivity index (χ0v) is 12.0. The van der Waals surface area contributed by atoms with E-state index in [0.29, 0.717) is 26.0 Å². The van der Waals surface area contributed by atoms with Gasteiger partial charge in [-0.15, -0.1) is 0 Å². The topological polar surface area (TPSA) is 93.5 Å². The summed E-state index contributed by atoms with van der Waals surface area (Å²) in [6.45, 7) is 0.801. The van der Waals surface area contributed by atoms with E-state index in [1.807, 2.05) is 0 Å². The fourth-order valence-corrected chi connectivity index (χ4v) is 2.55. The number of methoxy groups -OCH3 is 1. The lowest BCUT2D eigenvalue weighted by Crippen LogP contribution is -2.49. The molecule has 0 aromatic heterocycles. The van der Waals surface area contributed by atoms with E-state index in [1.54, 1.807) is 7.11 Å². The number of ether oxygens (including phenoxy) is 1. The van der Waals surface area contributed by atoms with E-state index in [4.69, 9.17) is 22.7 Å². The monoisotopic (exact) mass is 287 g/mol. The molecule has 1 aliphatic carbocycles. The van der Waals surface area contributed by atoms with Gasteiger partial charge in [0.05, 0.1) is 23.6 Å². The minimum Gasteiger partial charge on any atom is -0.392 e. The van der Waals surface area contributed by atoms with E-state index >= 15 is 0 Å². The first-order chi connectivity index (χ1) is 9.03. The molecule has 2 amide bonds. The van der Waals surface area contributed by atoms with Gasteiger partial charge in [-0.05, 0) is 12.8 Å². The van der Waals surface area contributed by atoms with Crippen LogP contribution in [0.15, 0.2) is 0 Å². The molecule has 6 nitrogen and oxygen atoms in total. The summed E-state index contributed by atoms with van der Waals surface area (Å²) in [5.41, 5.74) is 4.93. The Kier molecular flexibility index (Phi) is 6.17. The molecular weight excluding hydrogens is 266 g/mol. The molecule has 1 aliphatic rings.